The van der Waals surface area contributed by atoms with E-state index in [0.29, 0.717) is 6.42 Å². The summed E-state index contributed by atoms with van der Waals surface area (Å²) in [5, 5.41) is 45.4. The summed E-state index contributed by atoms with van der Waals surface area (Å²) in [5.41, 5.74) is -5.90. The SMILES string of the molecule is CC[C@@H]1OC(=O)C(C)(O)C(=O)[C@H](C)[C@@H](OC2O[C@H](C)C[C@H](N(C)C)[C@H]2O)[C@@](C)(OCC(O)CO)C[C@@H](C)C(=O)[C@@H](C)C2NC(=O)O[C@@]21C. The van der Waals surface area contributed by atoms with Gasteiger partial charge in [-0.1, -0.05) is 27.7 Å². The number of hydrogen-bond acceptors (Lipinski definition) is 14. The first-order valence-electron chi connectivity index (χ1n) is 16.7. The average molecular weight is 689 g/mol. The van der Waals surface area contributed by atoms with Gasteiger partial charge in [0.2, 0.25) is 5.60 Å². The predicted molar refractivity (Wildman–Crippen MR) is 169 cm³/mol. The van der Waals surface area contributed by atoms with Crippen molar-refractivity contribution in [2.45, 2.75) is 140 Å². The van der Waals surface area contributed by atoms with Gasteiger partial charge in [0, 0.05) is 23.8 Å². The van der Waals surface area contributed by atoms with Gasteiger partial charge in [-0.15, -0.1) is 0 Å². The van der Waals surface area contributed by atoms with Crippen LogP contribution in [0.2, 0.25) is 0 Å². The number of ketones is 2. The normalized spacial score (nSPS) is 44.0. The number of aliphatic hydroxyl groups excluding tert-OH is 3. The second-order valence-electron chi connectivity index (χ2n) is 14.6. The van der Waals surface area contributed by atoms with Crippen molar-refractivity contribution in [1.82, 2.24) is 10.2 Å². The third-order valence-corrected chi connectivity index (χ3v) is 10.3. The summed E-state index contributed by atoms with van der Waals surface area (Å²) >= 11 is 0. The van der Waals surface area contributed by atoms with Gasteiger partial charge in [0.25, 0.3) is 0 Å². The number of nitrogens with one attached hydrogen (secondary N) is 1. The summed E-state index contributed by atoms with van der Waals surface area (Å²) in [5.74, 6) is -5.67. The van der Waals surface area contributed by atoms with Crippen molar-refractivity contribution in [3.63, 3.8) is 0 Å². The fraction of sp³-hybridized carbons (Fsp3) is 0.879. The van der Waals surface area contributed by atoms with Crippen LogP contribution in [-0.2, 0) is 38.1 Å². The molecule has 0 bridgehead atoms. The molecule has 14 atom stereocenters. The molecule has 3 rings (SSSR count). The molecule has 0 aliphatic carbocycles. The smallest absolute Gasteiger partial charge is 0.408 e. The van der Waals surface area contributed by atoms with Gasteiger partial charge >= 0.3 is 12.1 Å². The summed E-state index contributed by atoms with van der Waals surface area (Å²) < 4.78 is 30.0. The first kappa shape index (κ1) is 40.2. The molecule has 48 heavy (non-hydrogen) atoms. The zero-order valence-electron chi connectivity index (χ0n) is 29.8. The van der Waals surface area contributed by atoms with Gasteiger partial charge in [-0.25, -0.2) is 9.59 Å². The molecule has 5 N–H and O–H groups in total. The molecule has 3 aliphatic rings. The van der Waals surface area contributed by atoms with Gasteiger partial charge in [0.15, 0.2) is 17.7 Å². The third-order valence-electron chi connectivity index (χ3n) is 10.3. The van der Waals surface area contributed by atoms with Crippen molar-refractivity contribution in [1.29, 1.82) is 0 Å². The molecule has 0 spiro atoms. The van der Waals surface area contributed by atoms with Crippen LogP contribution in [0, 0.1) is 17.8 Å². The van der Waals surface area contributed by atoms with E-state index in [9.17, 15) is 39.6 Å². The Bertz CT molecular complexity index is 1180. The van der Waals surface area contributed by atoms with Crippen LogP contribution in [0.1, 0.15) is 74.7 Å². The Kier molecular flexibility index (Phi) is 12.8. The fourth-order valence-electron chi connectivity index (χ4n) is 7.49. The number of likely N-dealkylation sites (N-methyl/N-ethyl adjacent to an activating group) is 1. The van der Waals surface area contributed by atoms with Crippen LogP contribution in [0.25, 0.3) is 0 Å². The molecule has 4 unspecified atom stereocenters. The van der Waals surface area contributed by atoms with Gasteiger partial charge in [0.1, 0.15) is 24.1 Å². The summed E-state index contributed by atoms with van der Waals surface area (Å²) in [6.45, 7) is 11.2. The van der Waals surface area contributed by atoms with E-state index in [1.165, 1.54) is 13.8 Å². The van der Waals surface area contributed by atoms with Crippen LogP contribution in [0.15, 0.2) is 0 Å². The lowest BCUT2D eigenvalue weighted by Crippen LogP contribution is -2.62. The van der Waals surface area contributed by atoms with Crippen LogP contribution in [0.4, 0.5) is 4.79 Å². The van der Waals surface area contributed by atoms with Crippen LogP contribution in [0.3, 0.4) is 0 Å². The number of fused-ring (bicyclic) bond motifs is 1. The highest BCUT2D eigenvalue weighted by atomic mass is 16.7. The van der Waals surface area contributed by atoms with Crippen molar-refractivity contribution in [2.24, 2.45) is 17.8 Å². The Hall–Kier alpha value is -2.24. The molecule has 3 aliphatic heterocycles. The summed E-state index contributed by atoms with van der Waals surface area (Å²) in [4.78, 5) is 56.4. The number of esters is 1. The Balaban J connectivity index is 2.20. The van der Waals surface area contributed by atoms with E-state index in [-0.39, 0.29) is 24.7 Å². The van der Waals surface area contributed by atoms with Crippen molar-refractivity contribution < 1.29 is 63.3 Å². The number of carbonyl (C=O) groups excluding carboxylic acids is 4. The number of aliphatic hydroxyl groups is 4. The molecule has 0 radical (unpaired) electrons. The molecule has 0 aromatic carbocycles. The molecule has 15 nitrogen and oxygen atoms in total. The zero-order chi connectivity index (χ0) is 36.5. The molecule has 3 heterocycles. The van der Waals surface area contributed by atoms with E-state index < -0.39 is 108 Å². The highest BCUT2D eigenvalue weighted by Gasteiger charge is 2.59. The monoisotopic (exact) mass is 688 g/mol. The van der Waals surface area contributed by atoms with Crippen molar-refractivity contribution in [3.8, 4) is 0 Å². The van der Waals surface area contributed by atoms with Gasteiger partial charge in [-0.3, -0.25) is 9.59 Å². The lowest BCUT2D eigenvalue weighted by molar-refractivity contribution is -0.299. The Morgan fingerprint density at radius 3 is 2.25 bits per heavy atom. The topological polar surface area (TPSA) is 211 Å². The second-order valence-corrected chi connectivity index (χ2v) is 14.6. The van der Waals surface area contributed by atoms with Crippen LogP contribution in [0.5, 0.6) is 0 Å². The van der Waals surface area contributed by atoms with Crippen LogP contribution in [-0.4, -0.2) is 142 Å². The Morgan fingerprint density at radius 1 is 1.06 bits per heavy atom. The molecule has 276 valence electrons. The first-order chi connectivity index (χ1) is 22.1. The van der Waals surface area contributed by atoms with E-state index in [1.54, 1.807) is 48.7 Å². The van der Waals surface area contributed by atoms with Crippen molar-refractivity contribution in [3.05, 3.63) is 0 Å². The summed E-state index contributed by atoms with van der Waals surface area (Å²) in [6.07, 6.45) is -7.08. The van der Waals surface area contributed by atoms with Gasteiger partial charge in [0.05, 0.1) is 37.1 Å². The molecule has 1 amide bonds. The molecule has 0 aromatic rings. The van der Waals surface area contributed by atoms with Crippen molar-refractivity contribution >= 4 is 23.6 Å². The van der Waals surface area contributed by atoms with Crippen LogP contribution < -0.4 is 5.32 Å². The molecule has 0 aromatic heterocycles. The number of rotatable bonds is 8. The third kappa shape index (κ3) is 8.04. The molecular weight excluding hydrogens is 632 g/mol. The standard InChI is InChI=1S/C33H56N2O13/c1-11-22-33(8)25(34-30(42)48-33)18(4)23(38)16(2)13-31(6,44-15-20(37)14-36)27(19(5)26(40)32(7,43)29(41)46-22)47-28-24(39)21(35(9)10)12-17(3)45-28/h16-22,24-25,27-28,36-37,39,43H,11-15H2,1-10H3,(H,34,42)/t16-,17-,18-,19+,20?,21+,22+,24-,25?,27-,28?,31+,32?,33-/m1/s1. The molecule has 3 fully saturated rings. The summed E-state index contributed by atoms with van der Waals surface area (Å²) in [7, 11) is 3.59. The molecule has 15 heteroatoms. The number of ether oxygens (including phenoxy) is 5. The highest BCUT2D eigenvalue weighted by molar-refractivity contribution is 6.07. The first-order valence-corrected chi connectivity index (χ1v) is 16.7. The maximum atomic E-state index is 14.2. The van der Waals surface area contributed by atoms with E-state index in [4.69, 9.17) is 23.7 Å². The number of Topliss-reactive ketones (excluding diaryl/α,β-unsaturated/α-hetero) is 2. The Morgan fingerprint density at radius 2 is 1.69 bits per heavy atom. The van der Waals surface area contributed by atoms with E-state index in [2.05, 4.69) is 5.32 Å². The fourth-order valence-corrected chi connectivity index (χ4v) is 7.49. The van der Waals surface area contributed by atoms with Crippen LogP contribution >= 0.6 is 0 Å². The lowest BCUT2D eigenvalue weighted by Gasteiger charge is -2.47. The Labute approximate surface area is 282 Å². The second kappa shape index (κ2) is 15.3. The maximum absolute atomic E-state index is 14.2. The van der Waals surface area contributed by atoms with E-state index in [0.717, 1.165) is 6.92 Å². The molecule has 0 saturated carbocycles. The molecule has 3 saturated heterocycles. The number of hydrogen-bond donors (Lipinski definition) is 5. The number of alkyl carbamates (subject to hydrolysis) is 1. The quantitative estimate of drug-likeness (QED) is 0.172. The van der Waals surface area contributed by atoms with E-state index in [1.807, 2.05) is 4.90 Å². The average Bonchev–Trinajstić information content (AvgIpc) is 3.34. The number of nitrogens with zero attached hydrogens (tertiary/aromatic N) is 1. The number of cyclic esters (lactones) is 1. The van der Waals surface area contributed by atoms with Gasteiger partial charge in [-0.05, 0) is 61.1 Å². The van der Waals surface area contributed by atoms with E-state index >= 15 is 0 Å². The minimum Gasteiger partial charge on any atom is -0.456 e. The minimum absolute atomic E-state index is 0.117. The zero-order valence-corrected chi connectivity index (χ0v) is 29.8. The van der Waals surface area contributed by atoms with Gasteiger partial charge < -0.3 is 54.3 Å². The lowest BCUT2D eigenvalue weighted by atomic mass is 9.73. The number of carbonyl (C=O) groups is 4. The highest BCUT2D eigenvalue weighted by Crippen LogP contribution is 2.41. The largest absolute Gasteiger partial charge is 0.456 e. The molecular formula is C33H56N2O13. The summed E-state index contributed by atoms with van der Waals surface area (Å²) in [6, 6.07) is -1.35. The van der Waals surface area contributed by atoms with Gasteiger partial charge in [-0.2, -0.15) is 0 Å². The maximum Gasteiger partial charge on any atom is 0.408 e. The van der Waals surface area contributed by atoms with Crippen molar-refractivity contribution in [2.75, 3.05) is 27.3 Å². The predicted octanol–water partition coefficient (Wildman–Crippen LogP) is 0.316. The number of amides is 1. The minimum atomic E-state index is -2.73.